The fourth-order valence-corrected chi connectivity index (χ4v) is 4.72. The number of aliphatic carboxylic acids is 2. The average molecular weight is 570 g/mol. The Hall–Kier alpha value is -3.03. The van der Waals surface area contributed by atoms with Crippen LogP contribution in [0.15, 0.2) is 0 Å². The van der Waals surface area contributed by atoms with E-state index in [1.165, 1.54) is 4.90 Å². The Labute approximate surface area is 234 Å². The molecule has 2 saturated heterocycles. The summed E-state index contributed by atoms with van der Waals surface area (Å²) < 4.78 is 0. The van der Waals surface area contributed by atoms with E-state index in [1.54, 1.807) is 4.90 Å². The van der Waals surface area contributed by atoms with Crippen LogP contribution in [0.2, 0.25) is 0 Å². The van der Waals surface area contributed by atoms with E-state index in [4.69, 9.17) is 9.59 Å². The number of carboxylic acid groups (broad SMARTS) is 2. The Bertz CT molecular complexity index is 907. The monoisotopic (exact) mass is 569 g/mol. The zero-order valence-electron chi connectivity index (χ0n) is 23.7. The molecule has 2 rings (SSSR count). The molecule has 0 bridgehead atoms. The third-order valence-corrected chi connectivity index (χ3v) is 7.10. The van der Waals surface area contributed by atoms with Crippen LogP contribution in [0.1, 0.15) is 33.1 Å². The number of ketones is 1. The van der Waals surface area contributed by atoms with Gasteiger partial charge >= 0.3 is 18.1 Å². The minimum Gasteiger partial charge on any atom is -0.480 e. The summed E-state index contributed by atoms with van der Waals surface area (Å²) in [6.07, 6.45) is 1.19. The largest absolute Gasteiger partial charge is 0.480 e. The van der Waals surface area contributed by atoms with Gasteiger partial charge in [-0.2, -0.15) is 9.59 Å². The molecule has 2 amide bonds. The maximum atomic E-state index is 12.8. The molecule has 14 nitrogen and oxygen atoms in total. The molecular weight excluding hydrogens is 526 g/mol. The van der Waals surface area contributed by atoms with Crippen LogP contribution in [-0.4, -0.2) is 156 Å². The first kappa shape index (κ1) is 35.0. The predicted molar refractivity (Wildman–Crippen MR) is 141 cm³/mol. The Morgan fingerprint density at radius 1 is 0.825 bits per heavy atom. The van der Waals surface area contributed by atoms with E-state index < -0.39 is 11.9 Å². The summed E-state index contributed by atoms with van der Waals surface area (Å²) in [5.41, 5.74) is 0. The Kier molecular flexibility index (Phi) is 16.0. The Morgan fingerprint density at radius 2 is 1.25 bits per heavy atom. The molecule has 2 fully saturated rings. The number of hydrogen-bond donors (Lipinski definition) is 2. The number of hydrogen-bond acceptors (Lipinski definition) is 11. The molecule has 2 N–H and O–H groups in total. The van der Waals surface area contributed by atoms with Crippen LogP contribution in [0.4, 0.5) is 0 Å². The first-order valence-corrected chi connectivity index (χ1v) is 13.5. The fourth-order valence-electron chi connectivity index (χ4n) is 4.72. The lowest BCUT2D eigenvalue weighted by atomic mass is 9.94. The van der Waals surface area contributed by atoms with Crippen molar-refractivity contribution in [3.05, 3.63) is 0 Å². The summed E-state index contributed by atoms with van der Waals surface area (Å²) in [6, 6.07) is 0. The van der Waals surface area contributed by atoms with Gasteiger partial charge in [-0.05, 0) is 19.4 Å². The van der Waals surface area contributed by atoms with Gasteiger partial charge in [-0.1, -0.05) is 13.8 Å². The average Bonchev–Trinajstić information content (AvgIpc) is 3.14. The maximum Gasteiger partial charge on any atom is 0.373 e. The number of nitrogens with zero attached hydrogens (tertiary/aromatic N) is 5. The molecule has 0 radical (unpaired) electrons. The molecule has 1 unspecified atom stereocenters. The van der Waals surface area contributed by atoms with Crippen molar-refractivity contribution in [3.63, 3.8) is 0 Å². The summed E-state index contributed by atoms with van der Waals surface area (Å²) in [5.74, 6) is -2.32. The SMILES string of the molecule is CC(C)C1CC(=O)N(CCCC(=O)CN2CCN(C)CCN(CC(=O)O)CCN(CC(=O)O)CC2)C1=O.O=C=O. The molecule has 40 heavy (non-hydrogen) atoms. The van der Waals surface area contributed by atoms with Crippen molar-refractivity contribution in [2.24, 2.45) is 11.8 Å². The van der Waals surface area contributed by atoms with Gasteiger partial charge in [0.1, 0.15) is 5.78 Å². The second kappa shape index (κ2) is 18.3. The highest BCUT2D eigenvalue weighted by Crippen LogP contribution is 2.26. The normalized spacial score (nSPS) is 20.8. The van der Waals surface area contributed by atoms with E-state index >= 15 is 0 Å². The van der Waals surface area contributed by atoms with Crippen molar-refractivity contribution >= 4 is 35.7 Å². The van der Waals surface area contributed by atoms with Crippen molar-refractivity contribution in [2.45, 2.75) is 33.1 Å². The summed E-state index contributed by atoms with van der Waals surface area (Å²) in [6.45, 7) is 8.40. The summed E-state index contributed by atoms with van der Waals surface area (Å²) in [4.78, 5) is 85.3. The zero-order valence-corrected chi connectivity index (χ0v) is 23.7. The third kappa shape index (κ3) is 13.4. The van der Waals surface area contributed by atoms with Crippen LogP contribution in [0, 0.1) is 11.8 Å². The van der Waals surface area contributed by atoms with Gasteiger partial charge in [-0.25, -0.2) is 0 Å². The fraction of sp³-hybridized carbons (Fsp3) is 0.769. The summed E-state index contributed by atoms with van der Waals surface area (Å²) in [5, 5.41) is 18.5. The first-order chi connectivity index (χ1) is 18.9. The van der Waals surface area contributed by atoms with E-state index in [0.717, 1.165) is 0 Å². The molecule has 2 heterocycles. The molecule has 1 atom stereocenters. The number of imide groups is 1. The van der Waals surface area contributed by atoms with Gasteiger partial charge in [-0.3, -0.25) is 43.6 Å². The number of Topliss-reactive ketones (excluding diaryl/α,β-unsaturated/α-hetero) is 1. The molecule has 0 aromatic heterocycles. The van der Waals surface area contributed by atoms with Crippen LogP contribution in [0.5, 0.6) is 0 Å². The molecule has 0 aromatic rings. The molecule has 226 valence electrons. The van der Waals surface area contributed by atoms with Crippen molar-refractivity contribution in [3.8, 4) is 0 Å². The number of carbonyl (C=O) groups is 5. The van der Waals surface area contributed by atoms with Crippen molar-refractivity contribution < 1.29 is 43.8 Å². The van der Waals surface area contributed by atoms with Crippen LogP contribution in [0.3, 0.4) is 0 Å². The Morgan fingerprint density at radius 3 is 1.65 bits per heavy atom. The van der Waals surface area contributed by atoms with Crippen molar-refractivity contribution in [1.82, 2.24) is 24.5 Å². The second-order valence-corrected chi connectivity index (χ2v) is 10.6. The van der Waals surface area contributed by atoms with E-state index in [2.05, 4.69) is 4.90 Å². The standard InChI is InChI=1S/C25H43N5O7.CO2/c1-19(2)21-15-22(32)30(25(21)37)6-4-5-20(31)16-27-9-7-26(3)8-10-28(17-23(33)34)13-14-29(12-11-27)18-24(35)36;2-1-3/h19,21H,4-18H2,1-3H3,(H,33,34)(H,35,36);. The number of carboxylic acids is 2. The number of amides is 2. The number of rotatable bonds is 11. The van der Waals surface area contributed by atoms with Gasteiger partial charge in [0.25, 0.3) is 0 Å². The zero-order chi connectivity index (χ0) is 30.2. The van der Waals surface area contributed by atoms with Crippen LogP contribution >= 0.6 is 0 Å². The molecule has 0 aliphatic carbocycles. The van der Waals surface area contributed by atoms with Gasteiger partial charge in [0.2, 0.25) is 11.8 Å². The van der Waals surface area contributed by atoms with Gasteiger partial charge in [0.05, 0.1) is 19.6 Å². The predicted octanol–water partition coefficient (Wildman–Crippen LogP) is -1.20. The molecule has 0 saturated carbocycles. The van der Waals surface area contributed by atoms with Crippen LogP contribution < -0.4 is 0 Å². The smallest absolute Gasteiger partial charge is 0.373 e. The van der Waals surface area contributed by atoms with Crippen molar-refractivity contribution in [2.75, 3.05) is 85.6 Å². The van der Waals surface area contributed by atoms with Gasteiger partial charge in [0, 0.05) is 77.7 Å². The minimum atomic E-state index is -0.954. The van der Waals surface area contributed by atoms with Gasteiger partial charge < -0.3 is 15.1 Å². The molecule has 2 aliphatic rings. The van der Waals surface area contributed by atoms with Gasteiger partial charge in [-0.15, -0.1) is 0 Å². The molecule has 2 aliphatic heterocycles. The second-order valence-electron chi connectivity index (χ2n) is 10.6. The highest BCUT2D eigenvalue weighted by molar-refractivity contribution is 6.03. The van der Waals surface area contributed by atoms with Crippen LogP contribution in [0.25, 0.3) is 0 Å². The van der Waals surface area contributed by atoms with Crippen LogP contribution in [-0.2, 0) is 33.6 Å². The minimum absolute atomic E-state index is 0.0201. The maximum absolute atomic E-state index is 12.8. The van der Waals surface area contributed by atoms with E-state index in [9.17, 15) is 34.2 Å². The summed E-state index contributed by atoms with van der Waals surface area (Å²) in [7, 11) is 1.95. The lowest BCUT2D eigenvalue weighted by molar-refractivity contribution is -0.191. The topological polar surface area (TPSA) is 176 Å². The Balaban J connectivity index is 0.00000254. The molecule has 0 spiro atoms. The van der Waals surface area contributed by atoms with E-state index in [-0.39, 0.29) is 74.6 Å². The lowest BCUT2D eigenvalue weighted by Gasteiger charge is -2.32. The number of likely N-dealkylation sites (N-methyl/N-ethyl adjacent to an activating group) is 1. The quantitative estimate of drug-likeness (QED) is 0.284. The number of carbonyl (C=O) groups excluding carboxylic acids is 5. The van der Waals surface area contributed by atoms with E-state index in [0.29, 0.717) is 58.8 Å². The third-order valence-electron chi connectivity index (χ3n) is 7.10. The molecular formula is C26H43N5O9. The highest BCUT2D eigenvalue weighted by Gasteiger charge is 2.39. The first-order valence-electron chi connectivity index (χ1n) is 13.5. The van der Waals surface area contributed by atoms with E-state index in [1.807, 2.05) is 30.7 Å². The highest BCUT2D eigenvalue weighted by atomic mass is 16.4. The van der Waals surface area contributed by atoms with Crippen molar-refractivity contribution in [1.29, 1.82) is 0 Å². The molecule has 0 aromatic carbocycles. The summed E-state index contributed by atoms with van der Waals surface area (Å²) >= 11 is 0. The number of likely N-dealkylation sites (tertiary alicyclic amines) is 1. The lowest BCUT2D eigenvalue weighted by Crippen LogP contribution is -2.47. The molecule has 14 heteroatoms. The van der Waals surface area contributed by atoms with Gasteiger partial charge in [0.15, 0.2) is 0 Å².